The van der Waals surface area contributed by atoms with Crippen molar-refractivity contribution in [2.45, 2.75) is 58.4 Å². The van der Waals surface area contributed by atoms with E-state index < -0.39 is 17.2 Å². The molecule has 1 fully saturated rings. The summed E-state index contributed by atoms with van der Waals surface area (Å²) in [6, 6.07) is 16.8. The fraction of sp³-hybridized carbons (Fsp3) is 0.394. The van der Waals surface area contributed by atoms with Gasteiger partial charge < -0.3 is 23.6 Å². The van der Waals surface area contributed by atoms with Gasteiger partial charge in [0.25, 0.3) is 11.4 Å². The third-order valence-corrected chi connectivity index (χ3v) is 7.79. The third-order valence-electron chi connectivity index (χ3n) is 7.79. The zero-order valence-electron chi connectivity index (χ0n) is 25.9. The standard InChI is InChI=1S/C33H36F3N5O4/c1-31(2,3)44-30(43)40-17-15-39(16-18-40)26-8-6-7-22(19-26)20-41-21-24(11-14-27(41)42)29-37-28(38-45-29)23-9-12-25(13-10-23)32(4,5)33(34,35)36/h6-14,19,21H,15-18,20H2,1-5H3. The van der Waals surface area contributed by atoms with Crippen LogP contribution >= 0.6 is 0 Å². The van der Waals surface area contributed by atoms with E-state index in [1.165, 1.54) is 30.3 Å². The molecule has 0 bridgehead atoms. The van der Waals surface area contributed by atoms with Crippen molar-refractivity contribution in [3.63, 3.8) is 0 Å². The molecule has 0 aliphatic carbocycles. The molecule has 238 valence electrons. The molecule has 0 spiro atoms. The smallest absolute Gasteiger partial charge is 0.410 e. The van der Waals surface area contributed by atoms with Crippen LogP contribution in [-0.4, -0.2) is 63.7 Å². The summed E-state index contributed by atoms with van der Waals surface area (Å²) in [6.45, 7) is 10.5. The first-order valence-electron chi connectivity index (χ1n) is 14.6. The number of hydrogen-bond donors (Lipinski definition) is 0. The van der Waals surface area contributed by atoms with Gasteiger partial charge in [0.05, 0.1) is 17.5 Å². The summed E-state index contributed by atoms with van der Waals surface area (Å²) in [4.78, 5) is 33.5. The first-order chi connectivity index (χ1) is 21.1. The molecule has 1 amide bonds. The minimum Gasteiger partial charge on any atom is -0.444 e. The van der Waals surface area contributed by atoms with Gasteiger partial charge in [0.2, 0.25) is 5.82 Å². The number of benzene rings is 2. The molecule has 0 N–H and O–H groups in total. The van der Waals surface area contributed by atoms with Crippen LogP contribution in [0.5, 0.6) is 0 Å². The summed E-state index contributed by atoms with van der Waals surface area (Å²) >= 11 is 0. The van der Waals surface area contributed by atoms with Crippen LogP contribution in [0.3, 0.4) is 0 Å². The number of alkyl halides is 3. The van der Waals surface area contributed by atoms with Gasteiger partial charge in [-0.05, 0) is 63.9 Å². The first-order valence-corrected chi connectivity index (χ1v) is 14.6. The van der Waals surface area contributed by atoms with Crippen LogP contribution in [0.25, 0.3) is 22.8 Å². The average molecular weight is 624 g/mol. The maximum absolute atomic E-state index is 13.4. The van der Waals surface area contributed by atoms with Crippen LogP contribution in [0.1, 0.15) is 45.7 Å². The minimum atomic E-state index is -4.39. The fourth-order valence-corrected chi connectivity index (χ4v) is 4.96. The SMILES string of the molecule is CC(C)(C)OC(=O)N1CCN(c2cccc(Cn3cc(-c4nc(-c5ccc(C(C)(C)C(F)(F)F)cc5)no4)ccc3=O)c2)CC1. The number of piperazine rings is 1. The quantitative estimate of drug-likeness (QED) is 0.242. The summed E-state index contributed by atoms with van der Waals surface area (Å²) < 4.78 is 52.8. The van der Waals surface area contributed by atoms with Crippen LogP contribution in [0, 0.1) is 0 Å². The summed E-state index contributed by atoms with van der Waals surface area (Å²) in [5.74, 6) is 0.397. The maximum atomic E-state index is 13.4. The molecule has 3 heterocycles. The van der Waals surface area contributed by atoms with Gasteiger partial charge in [-0.15, -0.1) is 0 Å². The predicted octanol–water partition coefficient (Wildman–Crippen LogP) is 6.51. The molecular weight excluding hydrogens is 587 g/mol. The van der Waals surface area contributed by atoms with Crippen molar-refractivity contribution in [1.29, 1.82) is 0 Å². The van der Waals surface area contributed by atoms with Crippen molar-refractivity contribution in [2.75, 3.05) is 31.1 Å². The van der Waals surface area contributed by atoms with Gasteiger partial charge in [0.15, 0.2) is 0 Å². The number of anilines is 1. The molecule has 2 aromatic carbocycles. The van der Waals surface area contributed by atoms with Crippen molar-refractivity contribution in [3.8, 4) is 22.8 Å². The van der Waals surface area contributed by atoms with Crippen molar-refractivity contribution in [2.24, 2.45) is 0 Å². The number of ether oxygens (including phenoxy) is 1. The lowest BCUT2D eigenvalue weighted by Gasteiger charge is -2.36. The molecule has 0 saturated carbocycles. The molecular formula is C33H36F3N5O4. The highest BCUT2D eigenvalue weighted by Gasteiger charge is 2.48. The molecule has 45 heavy (non-hydrogen) atoms. The number of amides is 1. The van der Waals surface area contributed by atoms with E-state index in [4.69, 9.17) is 9.26 Å². The number of carbonyl (C=O) groups excluding carboxylic acids is 1. The van der Waals surface area contributed by atoms with E-state index in [0.29, 0.717) is 43.9 Å². The van der Waals surface area contributed by atoms with E-state index in [1.54, 1.807) is 21.7 Å². The molecule has 1 aliphatic rings. The van der Waals surface area contributed by atoms with Crippen molar-refractivity contribution < 1.29 is 27.2 Å². The van der Waals surface area contributed by atoms with E-state index in [1.807, 2.05) is 45.0 Å². The minimum absolute atomic E-state index is 0.127. The Morgan fingerprint density at radius 2 is 1.58 bits per heavy atom. The number of pyridine rings is 1. The monoisotopic (exact) mass is 623 g/mol. The van der Waals surface area contributed by atoms with Crippen LogP contribution in [-0.2, 0) is 16.7 Å². The summed E-state index contributed by atoms with van der Waals surface area (Å²) in [5.41, 5.74) is 0.301. The number of aromatic nitrogens is 3. The first kappa shape index (κ1) is 31.8. The lowest BCUT2D eigenvalue weighted by atomic mass is 9.83. The zero-order chi connectivity index (χ0) is 32.6. The normalized spacial score (nSPS) is 14.5. The molecule has 4 aromatic rings. The van der Waals surface area contributed by atoms with Crippen molar-refractivity contribution in [1.82, 2.24) is 19.6 Å². The number of halogens is 3. The number of hydrogen-bond acceptors (Lipinski definition) is 7. The Bertz CT molecular complexity index is 1710. The van der Waals surface area contributed by atoms with Gasteiger partial charge in [-0.2, -0.15) is 18.2 Å². The molecule has 2 aromatic heterocycles. The lowest BCUT2D eigenvalue weighted by molar-refractivity contribution is -0.180. The van der Waals surface area contributed by atoms with Gasteiger partial charge >= 0.3 is 12.3 Å². The van der Waals surface area contributed by atoms with Gasteiger partial charge in [-0.25, -0.2) is 4.79 Å². The van der Waals surface area contributed by atoms with E-state index in [-0.39, 0.29) is 28.9 Å². The molecule has 9 nitrogen and oxygen atoms in total. The Labute approximate surface area is 259 Å². The molecule has 5 rings (SSSR count). The Morgan fingerprint density at radius 1 is 0.911 bits per heavy atom. The molecule has 1 aliphatic heterocycles. The second kappa shape index (κ2) is 12.1. The highest BCUT2D eigenvalue weighted by atomic mass is 19.4. The molecule has 1 saturated heterocycles. The second-order valence-corrected chi connectivity index (χ2v) is 12.6. The highest BCUT2D eigenvalue weighted by molar-refractivity contribution is 5.68. The van der Waals surface area contributed by atoms with E-state index in [2.05, 4.69) is 15.0 Å². The summed E-state index contributed by atoms with van der Waals surface area (Å²) in [7, 11) is 0. The average Bonchev–Trinajstić information content (AvgIpc) is 3.48. The van der Waals surface area contributed by atoms with Crippen LogP contribution < -0.4 is 10.5 Å². The van der Waals surface area contributed by atoms with E-state index in [9.17, 15) is 22.8 Å². The van der Waals surface area contributed by atoms with Gasteiger partial charge in [-0.1, -0.05) is 41.6 Å². The highest BCUT2D eigenvalue weighted by Crippen LogP contribution is 2.40. The second-order valence-electron chi connectivity index (χ2n) is 12.6. The third kappa shape index (κ3) is 7.21. The summed E-state index contributed by atoms with van der Waals surface area (Å²) in [6.07, 6.45) is -3.07. The van der Waals surface area contributed by atoms with E-state index >= 15 is 0 Å². The zero-order valence-corrected chi connectivity index (χ0v) is 25.9. The Hall–Kier alpha value is -4.61. The molecule has 0 atom stereocenters. The molecule has 12 heteroatoms. The number of rotatable bonds is 6. The van der Waals surface area contributed by atoms with Crippen LogP contribution in [0.4, 0.5) is 23.7 Å². The Kier molecular flexibility index (Phi) is 8.52. The van der Waals surface area contributed by atoms with Crippen LogP contribution in [0.15, 0.2) is 76.2 Å². The number of nitrogens with zero attached hydrogens (tertiary/aromatic N) is 5. The molecule has 0 radical (unpaired) electrons. The van der Waals surface area contributed by atoms with Gasteiger partial charge in [-0.3, -0.25) is 4.79 Å². The van der Waals surface area contributed by atoms with Crippen molar-refractivity contribution in [3.05, 3.63) is 88.3 Å². The number of carbonyl (C=O) groups is 1. The summed E-state index contributed by atoms with van der Waals surface area (Å²) in [5, 5.41) is 4.00. The van der Waals surface area contributed by atoms with E-state index in [0.717, 1.165) is 25.1 Å². The van der Waals surface area contributed by atoms with Crippen LogP contribution in [0.2, 0.25) is 0 Å². The lowest BCUT2D eigenvalue weighted by Crippen LogP contribution is -2.50. The fourth-order valence-electron chi connectivity index (χ4n) is 4.96. The topological polar surface area (TPSA) is 93.7 Å². The Balaban J connectivity index is 1.27. The predicted molar refractivity (Wildman–Crippen MR) is 164 cm³/mol. The largest absolute Gasteiger partial charge is 0.444 e. The molecule has 0 unspecified atom stereocenters. The maximum Gasteiger partial charge on any atom is 0.410 e. The van der Waals surface area contributed by atoms with Crippen molar-refractivity contribution >= 4 is 11.8 Å². The van der Waals surface area contributed by atoms with Gasteiger partial charge in [0, 0.05) is 49.7 Å². The van der Waals surface area contributed by atoms with Gasteiger partial charge in [0.1, 0.15) is 5.60 Å². The Morgan fingerprint density at radius 3 is 2.22 bits per heavy atom.